The third-order valence-corrected chi connectivity index (χ3v) is 3.57. The first-order chi connectivity index (χ1) is 9.70. The third kappa shape index (κ3) is 2.10. The largest absolute Gasteiger partial charge is 0.383 e. The fourth-order valence-corrected chi connectivity index (χ4v) is 2.66. The van der Waals surface area contributed by atoms with E-state index in [4.69, 9.17) is 17.3 Å². The fourth-order valence-electron chi connectivity index (χ4n) is 2.49. The molecule has 5 nitrogen and oxygen atoms in total. The lowest BCUT2D eigenvalue weighted by Gasteiger charge is -2.14. The highest BCUT2D eigenvalue weighted by molar-refractivity contribution is 6.28. The van der Waals surface area contributed by atoms with Gasteiger partial charge in [0, 0.05) is 5.92 Å². The number of benzene rings is 1. The van der Waals surface area contributed by atoms with Crippen molar-refractivity contribution in [2.45, 2.75) is 19.3 Å². The summed E-state index contributed by atoms with van der Waals surface area (Å²) in [7, 11) is 0. The third-order valence-electron chi connectivity index (χ3n) is 3.40. The number of rotatable bonds is 3. The molecule has 2 heterocycles. The summed E-state index contributed by atoms with van der Waals surface area (Å²) >= 11 is 5.81. The Morgan fingerprint density at radius 1 is 1.25 bits per heavy atom. The Labute approximate surface area is 121 Å². The maximum Gasteiger partial charge on any atom is 0.226 e. The van der Waals surface area contributed by atoms with Crippen LogP contribution in [0, 0.1) is 0 Å². The Hall–Kier alpha value is -2.14. The van der Waals surface area contributed by atoms with Crippen LogP contribution in [0.25, 0.3) is 11.0 Å². The molecule has 0 bridgehead atoms. The number of nitrogens with zero attached hydrogens (tertiary/aromatic N) is 3. The summed E-state index contributed by atoms with van der Waals surface area (Å²) < 4.78 is 0. The smallest absolute Gasteiger partial charge is 0.226 e. The van der Waals surface area contributed by atoms with E-state index in [0.717, 1.165) is 17.5 Å². The van der Waals surface area contributed by atoms with Crippen LogP contribution in [0.4, 0.5) is 5.82 Å². The van der Waals surface area contributed by atoms with Crippen molar-refractivity contribution in [3.05, 3.63) is 46.9 Å². The monoisotopic (exact) mass is 287 g/mol. The van der Waals surface area contributed by atoms with E-state index in [1.807, 2.05) is 18.2 Å². The second-order valence-electron chi connectivity index (χ2n) is 4.59. The first-order valence-electron chi connectivity index (χ1n) is 6.42. The number of halogens is 1. The summed E-state index contributed by atoms with van der Waals surface area (Å²) in [5, 5.41) is 8.10. The van der Waals surface area contributed by atoms with Crippen LogP contribution in [-0.4, -0.2) is 20.2 Å². The van der Waals surface area contributed by atoms with Crippen molar-refractivity contribution in [2.75, 3.05) is 5.73 Å². The number of fused-ring (bicyclic) bond motifs is 1. The van der Waals surface area contributed by atoms with Crippen molar-refractivity contribution >= 4 is 28.5 Å². The first-order valence-corrected chi connectivity index (χ1v) is 6.80. The molecule has 0 radical (unpaired) electrons. The van der Waals surface area contributed by atoms with Crippen LogP contribution in [0.15, 0.2) is 30.3 Å². The zero-order chi connectivity index (χ0) is 14.1. The van der Waals surface area contributed by atoms with Gasteiger partial charge in [0.05, 0.1) is 11.1 Å². The van der Waals surface area contributed by atoms with Gasteiger partial charge >= 0.3 is 0 Å². The standard InChI is InChI=1S/C14H14ClN5/c1-2-9(8-6-4-3-5-7-8)11-10-12(16)17-14(15)18-13(10)20-19-11/h3-7,9H,2H2,1H3,(H3,16,17,18,19,20). The number of nitrogens with two attached hydrogens (primary N) is 1. The number of H-pyrrole nitrogens is 1. The minimum Gasteiger partial charge on any atom is -0.383 e. The number of hydrogen-bond acceptors (Lipinski definition) is 4. The van der Waals surface area contributed by atoms with Crippen LogP contribution >= 0.6 is 11.6 Å². The Morgan fingerprint density at radius 2 is 2.00 bits per heavy atom. The van der Waals surface area contributed by atoms with Gasteiger partial charge in [-0.05, 0) is 23.6 Å². The van der Waals surface area contributed by atoms with Crippen LogP contribution in [-0.2, 0) is 0 Å². The second-order valence-corrected chi connectivity index (χ2v) is 4.92. The Kier molecular flexibility index (Phi) is 3.28. The number of anilines is 1. The molecule has 0 aliphatic carbocycles. The Bertz CT molecular complexity index is 738. The summed E-state index contributed by atoms with van der Waals surface area (Å²) in [6.45, 7) is 2.12. The van der Waals surface area contributed by atoms with Gasteiger partial charge in [-0.15, -0.1) is 0 Å². The van der Waals surface area contributed by atoms with Gasteiger partial charge in [-0.2, -0.15) is 10.1 Å². The summed E-state index contributed by atoms with van der Waals surface area (Å²) in [4.78, 5) is 8.12. The molecule has 1 unspecified atom stereocenters. The quantitative estimate of drug-likeness (QED) is 0.725. The molecule has 3 N–H and O–H groups in total. The van der Waals surface area contributed by atoms with Gasteiger partial charge < -0.3 is 5.73 Å². The zero-order valence-corrected chi connectivity index (χ0v) is 11.7. The summed E-state index contributed by atoms with van der Waals surface area (Å²) in [6.07, 6.45) is 0.920. The van der Waals surface area contributed by atoms with E-state index < -0.39 is 0 Å². The van der Waals surface area contributed by atoms with Crippen LogP contribution in [0.5, 0.6) is 0 Å². The molecule has 2 aromatic heterocycles. The van der Waals surface area contributed by atoms with E-state index in [2.05, 4.69) is 39.2 Å². The summed E-state index contributed by atoms with van der Waals surface area (Å²) in [5.74, 6) is 0.534. The van der Waals surface area contributed by atoms with Crippen LogP contribution in [0.3, 0.4) is 0 Å². The van der Waals surface area contributed by atoms with Crippen LogP contribution in [0.1, 0.15) is 30.5 Å². The Morgan fingerprint density at radius 3 is 2.70 bits per heavy atom. The minimum absolute atomic E-state index is 0.112. The maximum atomic E-state index is 5.98. The van der Waals surface area contributed by atoms with Gasteiger partial charge in [-0.25, -0.2) is 4.98 Å². The van der Waals surface area contributed by atoms with Gasteiger partial charge in [0.25, 0.3) is 0 Å². The van der Waals surface area contributed by atoms with Crippen molar-refractivity contribution < 1.29 is 0 Å². The van der Waals surface area contributed by atoms with Gasteiger partial charge in [0.15, 0.2) is 5.65 Å². The number of aromatic amines is 1. The molecule has 0 fully saturated rings. The molecule has 0 aliphatic heterocycles. The predicted octanol–water partition coefficient (Wildman–Crippen LogP) is 3.13. The van der Waals surface area contributed by atoms with Crippen molar-refractivity contribution in [3.8, 4) is 0 Å². The predicted molar refractivity (Wildman–Crippen MR) is 79.7 cm³/mol. The maximum absolute atomic E-state index is 5.98. The lowest BCUT2D eigenvalue weighted by atomic mass is 9.92. The van der Waals surface area contributed by atoms with Crippen molar-refractivity contribution in [1.82, 2.24) is 20.2 Å². The number of nitrogen functional groups attached to an aromatic ring is 1. The van der Waals surface area contributed by atoms with Gasteiger partial charge in [-0.1, -0.05) is 37.3 Å². The number of hydrogen-bond donors (Lipinski definition) is 2. The van der Waals surface area contributed by atoms with Gasteiger partial charge in [0.2, 0.25) is 5.28 Å². The zero-order valence-electron chi connectivity index (χ0n) is 11.0. The molecule has 3 aromatic rings. The minimum atomic E-state index is 0.112. The molecule has 0 saturated carbocycles. The van der Waals surface area contributed by atoms with Crippen molar-refractivity contribution in [1.29, 1.82) is 0 Å². The summed E-state index contributed by atoms with van der Waals surface area (Å²) in [6, 6.07) is 10.2. The number of nitrogens with one attached hydrogen (secondary N) is 1. The lowest BCUT2D eigenvalue weighted by Crippen LogP contribution is -2.03. The van der Waals surface area contributed by atoms with E-state index in [-0.39, 0.29) is 11.2 Å². The average Bonchev–Trinajstić information content (AvgIpc) is 2.85. The lowest BCUT2D eigenvalue weighted by molar-refractivity contribution is 0.748. The normalized spacial score (nSPS) is 12.7. The van der Waals surface area contributed by atoms with Crippen LogP contribution < -0.4 is 5.73 Å². The van der Waals surface area contributed by atoms with E-state index in [1.54, 1.807) is 0 Å². The number of aromatic nitrogens is 4. The van der Waals surface area contributed by atoms with Gasteiger partial charge in [0.1, 0.15) is 5.82 Å². The average molecular weight is 288 g/mol. The molecule has 0 amide bonds. The van der Waals surface area contributed by atoms with Crippen molar-refractivity contribution in [2.24, 2.45) is 0 Å². The second kappa shape index (κ2) is 5.09. The van der Waals surface area contributed by atoms with Gasteiger partial charge in [-0.3, -0.25) is 5.10 Å². The van der Waals surface area contributed by atoms with E-state index in [0.29, 0.717) is 11.5 Å². The fraction of sp³-hybridized carbons (Fsp3) is 0.214. The molecule has 3 rings (SSSR count). The molecular formula is C14H14ClN5. The highest BCUT2D eigenvalue weighted by Crippen LogP contribution is 2.33. The molecule has 6 heteroatoms. The van der Waals surface area contributed by atoms with Crippen LogP contribution in [0.2, 0.25) is 5.28 Å². The van der Waals surface area contributed by atoms with E-state index in [9.17, 15) is 0 Å². The van der Waals surface area contributed by atoms with E-state index in [1.165, 1.54) is 5.56 Å². The molecular weight excluding hydrogens is 274 g/mol. The highest BCUT2D eigenvalue weighted by Gasteiger charge is 2.20. The molecule has 1 aromatic carbocycles. The van der Waals surface area contributed by atoms with Crippen molar-refractivity contribution in [3.63, 3.8) is 0 Å². The first kappa shape index (κ1) is 12.9. The Balaban J connectivity index is 2.18. The SMILES string of the molecule is CCC(c1ccccc1)c1[nH]nc2nc(Cl)nc(N)c12. The van der Waals surface area contributed by atoms with E-state index >= 15 is 0 Å². The molecule has 0 saturated heterocycles. The topological polar surface area (TPSA) is 80.5 Å². The molecule has 0 spiro atoms. The summed E-state index contributed by atoms with van der Waals surface area (Å²) in [5.41, 5.74) is 8.62. The highest BCUT2D eigenvalue weighted by atomic mass is 35.5. The molecule has 0 aliphatic rings. The molecule has 1 atom stereocenters. The molecule has 102 valence electrons. The molecule has 20 heavy (non-hydrogen) atoms.